The third kappa shape index (κ3) is 1.91. The van der Waals surface area contributed by atoms with E-state index in [1.807, 2.05) is 6.07 Å². The maximum atomic E-state index is 6.07. The number of hydrogen-bond acceptors (Lipinski definition) is 2. The van der Waals surface area contributed by atoms with Crippen molar-refractivity contribution < 1.29 is 0 Å². The summed E-state index contributed by atoms with van der Waals surface area (Å²) in [7, 11) is 0. The normalized spacial score (nSPS) is 10.3. The molecule has 0 saturated carbocycles. The molecule has 2 aromatic rings. The van der Waals surface area contributed by atoms with E-state index < -0.39 is 0 Å². The van der Waals surface area contributed by atoms with Gasteiger partial charge in [0.05, 0.1) is 10.0 Å². The number of nitrogens with zero attached hydrogens (tertiary/aromatic N) is 1. The van der Waals surface area contributed by atoms with Crippen molar-refractivity contribution >= 4 is 29.0 Å². The van der Waals surface area contributed by atoms with Gasteiger partial charge in [-0.3, -0.25) is 0 Å². The number of benzene rings is 1. The van der Waals surface area contributed by atoms with E-state index >= 15 is 0 Å². The largest absolute Gasteiger partial charge is 0.383 e. The Hall–Kier alpha value is -1.25. The summed E-state index contributed by atoms with van der Waals surface area (Å²) in [6.07, 6.45) is 1.63. The molecule has 1 aromatic carbocycles. The van der Waals surface area contributed by atoms with Crippen molar-refractivity contribution in [2.45, 2.75) is 0 Å². The number of aromatic nitrogens is 1. The van der Waals surface area contributed by atoms with Crippen molar-refractivity contribution in [1.29, 1.82) is 0 Å². The van der Waals surface area contributed by atoms with Crippen molar-refractivity contribution in [3.63, 3.8) is 0 Å². The maximum Gasteiger partial charge on any atom is 0.131 e. The van der Waals surface area contributed by atoms with Gasteiger partial charge in [0.1, 0.15) is 5.82 Å². The lowest BCUT2D eigenvalue weighted by Crippen LogP contribution is -1.93. The molecule has 4 heteroatoms. The van der Waals surface area contributed by atoms with Crippen LogP contribution in [-0.2, 0) is 0 Å². The van der Waals surface area contributed by atoms with Gasteiger partial charge in [-0.15, -0.1) is 0 Å². The molecule has 76 valence electrons. The SMILES string of the molecule is Nc1ncccc1-c1c(Cl)cccc1Cl. The van der Waals surface area contributed by atoms with Crippen molar-refractivity contribution in [1.82, 2.24) is 4.98 Å². The summed E-state index contributed by atoms with van der Waals surface area (Å²) in [4.78, 5) is 4.00. The first-order chi connectivity index (χ1) is 7.20. The fourth-order valence-corrected chi connectivity index (χ4v) is 1.99. The number of pyridine rings is 1. The molecule has 0 atom stereocenters. The van der Waals surface area contributed by atoms with Gasteiger partial charge in [0.15, 0.2) is 0 Å². The fourth-order valence-electron chi connectivity index (χ4n) is 1.38. The second-order valence-corrected chi connectivity index (χ2v) is 3.85. The molecule has 0 unspecified atom stereocenters. The van der Waals surface area contributed by atoms with Crippen LogP contribution in [-0.4, -0.2) is 4.98 Å². The zero-order valence-corrected chi connectivity index (χ0v) is 9.26. The third-order valence-corrected chi connectivity index (χ3v) is 2.70. The Morgan fingerprint density at radius 2 is 1.67 bits per heavy atom. The number of rotatable bonds is 1. The van der Waals surface area contributed by atoms with Gasteiger partial charge in [-0.25, -0.2) is 4.98 Å². The minimum atomic E-state index is 0.424. The van der Waals surface area contributed by atoms with Crippen LogP contribution in [0.1, 0.15) is 0 Å². The van der Waals surface area contributed by atoms with Crippen LogP contribution in [0.15, 0.2) is 36.5 Å². The Bertz CT molecular complexity index is 477. The molecule has 15 heavy (non-hydrogen) atoms. The number of anilines is 1. The van der Waals surface area contributed by atoms with Gasteiger partial charge < -0.3 is 5.73 Å². The molecule has 1 heterocycles. The molecule has 0 bridgehead atoms. The smallest absolute Gasteiger partial charge is 0.131 e. The lowest BCUT2D eigenvalue weighted by molar-refractivity contribution is 1.34. The summed E-state index contributed by atoms with van der Waals surface area (Å²) >= 11 is 12.1. The van der Waals surface area contributed by atoms with Crippen LogP contribution in [0.25, 0.3) is 11.1 Å². The van der Waals surface area contributed by atoms with Crippen LogP contribution in [0.3, 0.4) is 0 Å². The Kier molecular flexibility index (Phi) is 2.80. The average molecular weight is 239 g/mol. The molecule has 0 aliphatic rings. The number of nitrogen functional groups attached to an aromatic ring is 1. The summed E-state index contributed by atoms with van der Waals surface area (Å²) < 4.78 is 0. The van der Waals surface area contributed by atoms with Gasteiger partial charge in [0.25, 0.3) is 0 Å². The summed E-state index contributed by atoms with van der Waals surface area (Å²) in [5, 5.41) is 1.14. The van der Waals surface area contributed by atoms with E-state index in [2.05, 4.69) is 4.98 Å². The molecule has 0 aliphatic heterocycles. The molecule has 0 saturated heterocycles. The van der Waals surface area contributed by atoms with Gasteiger partial charge in [-0.1, -0.05) is 29.3 Å². The summed E-state index contributed by atoms with van der Waals surface area (Å²) in [5.74, 6) is 0.424. The number of hydrogen-bond donors (Lipinski definition) is 1. The lowest BCUT2D eigenvalue weighted by Gasteiger charge is -2.08. The van der Waals surface area contributed by atoms with Crippen LogP contribution >= 0.6 is 23.2 Å². The average Bonchev–Trinajstić information content (AvgIpc) is 2.20. The minimum Gasteiger partial charge on any atom is -0.383 e. The van der Waals surface area contributed by atoms with E-state index in [1.54, 1.807) is 30.5 Å². The predicted molar refractivity (Wildman–Crippen MR) is 64.1 cm³/mol. The quantitative estimate of drug-likeness (QED) is 0.825. The zero-order chi connectivity index (χ0) is 10.8. The van der Waals surface area contributed by atoms with Crippen molar-refractivity contribution in [2.75, 3.05) is 5.73 Å². The molecule has 0 radical (unpaired) electrons. The first-order valence-corrected chi connectivity index (χ1v) is 5.10. The second kappa shape index (κ2) is 4.09. The maximum absolute atomic E-state index is 6.07. The van der Waals surface area contributed by atoms with E-state index in [-0.39, 0.29) is 0 Å². The Morgan fingerprint density at radius 3 is 2.27 bits per heavy atom. The fraction of sp³-hybridized carbons (Fsp3) is 0. The van der Waals surface area contributed by atoms with Gasteiger partial charge in [-0.2, -0.15) is 0 Å². The topological polar surface area (TPSA) is 38.9 Å². The molecular weight excluding hydrogens is 231 g/mol. The number of nitrogens with two attached hydrogens (primary N) is 1. The highest BCUT2D eigenvalue weighted by Gasteiger charge is 2.10. The van der Waals surface area contributed by atoms with Crippen LogP contribution in [0.5, 0.6) is 0 Å². The molecule has 0 spiro atoms. The predicted octanol–water partition coefficient (Wildman–Crippen LogP) is 3.64. The first kappa shape index (κ1) is 10.3. The van der Waals surface area contributed by atoms with Gasteiger partial charge >= 0.3 is 0 Å². The van der Waals surface area contributed by atoms with Crippen molar-refractivity contribution in [3.05, 3.63) is 46.6 Å². The monoisotopic (exact) mass is 238 g/mol. The van der Waals surface area contributed by atoms with Crippen LogP contribution in [0.4, 0.5) is 5.82 Å². The molecule has 2 rings (SSSR count). The Balaban J connectivity index is 2.69. The van der Waals surface area contributed by atoms with E-state index in [1.165, 1.54) is 0 Å². The minimum absolute atomic E-state index is 0.424. The van der Waals surface area contributed by atoms with Gasteiger partial charge in [0.2, 0.25) is 0 Å². The summed E-state index contributed by atoms with van der Waals surface area (Å²) in [5.41, 5.74) is 7.25. The van der Waals surface area contributed by atoms with E-state index in [0.717, 1.165) is 11.1 Å². The summed E-state index contributed by atoms with van der Waals surface area (Å²) in [6, 6.07) is 8.98. The molecule has 0 aliphatic carbocycles. The van der Waals surface area contributed by atoms with E-state index in [4.69, 9.17) is 28.9 Å². The standard InChI is InChI=1S/C11H8Cl2N2/c12-8-4-1-5-9(13)10(8)7-3-2-6-15-11(7)14/h1-6H,(H2,14,15). The van der Waals surface area contributed by atoms with Gasteiger partial charge in [0, 0.05) is 17.3 Å². The molecule has 0 amide bonds. The second-order valence-electron chi connectivity index (χ2n) is 3.03. The highest BCUT2D eigenvalue weighted by Crippen LogP contribution is 2.36. The third-order valence-electron chi connectivity index (χ3n) is 2.07. The highest BCUT2D eigenvalue weighted by atomic mass is 35.5. The van der Waals surface area contributed by atoms with Gasteiger partial charge in [-0.05, 0) is 24.3 Å². The van der Waals surface area contributed by atoms with Crippen molar-refractivity contribution in [2.24, 2.45) is 0 Å². The number of halogens is 2. The molecule has 2 nitrogen and oxygen atoms in total. The molecule has 1 aromatic heterocycles. The van der Waals surface area contributed by atoms with E-state index in [0.29, 0.717) is 15.9 Å². The Morgan fingerprint density at radius 1 is 1.00 bits per heavy atom. The van der Waals surface area contributed by atoms with Crippen molar-refractivity contribution in [3.8, 4) is 11.1 Å². The van der Waals surface area contributed by atoms with Crippen LogP contribution in [0.2, 0.25) is 10.0 Å². The lowest BCUT2D eigenvalue weighted by atomic mass is 10.1. The molecule has 0 fully saturated rings. The highest BCUT2D eigenvalue weighted by molar-refractivity contribution is 6.39. The summed E-state index contributed by atoms with van der Waals surface area (Å²) in [6.45, 7) is 0. The zero-order valence-electron chi connectivity index (χ0n) is 7.74. The Labute approximate surface area is 97.7 Å². The molecular formula is C11H8Cl2N2. The molecule has 2 N–H and O–H groups in total. The first-order valence-electron chi connectivity index (χ1n) is 4.35. The van der Waals surface area contributed by atoms with E-state index in [9.17, 15) is 0 Å². The van der Waals surface area contributed by atoms with Crippen LogP contribution in [0, 0.1) is 0 Å². The van der Waals surface area contributed by atoms with Crippen LogP contribution < -0.4 is 5.73 Å².